The van der Waals surface area contributed by atoms with Gasteiger partial charge in [0.05, 0.1) is 0 Å². The molecule has 0 saturated carbocycles. The lowest BCUT2D eigenvalue weighted by Gasteiger charge is -2.09. The second-order valence-corrected chi connectivity index (χ2v) is 4.01. The minimum Gasteiger partial charge on any atom is -0.451 e. The lowest BCUT2D eigenvalue weighted by molar-refractivity contribution is -0.152. The number of ether oxygens (including phenoxy) is 1. The van der Waals surface area contributed by atoms with Crippen LogP contribution in [-0.2, 0) is 14.3 Å². The van der Waals surface area contributed by atoms with Crippen molar-refractivity contribution in [3.05, 3.63) is 29.0 Å². The Morgan fingerprint density at radius 1 is 1.53 bits per heavy atom. The van der Waals surface area contributed by atoms with E-state index in [9.17, 15) is 14.4 Å². The number of hydrogen-bond acceptors (Lipinski definition) is 5. The standard InChI is InChI=1S/C11H12ClN3O4/c1-6(10(13)17)19-9(16)5-15-11(18)8-4-7(12)2-3-14-8/h2-4,6H,5H2,1H3,(H2,13,17)(H,15,18)/t6-/m0/s1. The highest BCUT2D eigenvalue weighted by molar-refractivity contribution is 6.30. The van der Waals surface area contributed by atoms with Gasteiger partial charge in [0.2, 0.25) is 0 Å². The molecule has 7 nitrogen and oxygen atoms in total. The van der Waals surface area contributed by atoms with Gasteiger partial charge in [0.1, 0.15) is 12.2 Å². The van der Waals surface area contributed by atoms with Gasteiger partial charge in [-0.1, -0.05) is 11.6 Å². The Morgan fingerprint density at radius 2 is 2.21 bits per heavy atom. The molecule has 0 aliphatic heterocycles. The first-order chi connectivity index (χ1) is 8.90. The van der Waals surface area contributed by atoms with Gasteiger partial charge in [0.15, 0.2) is 6.10 Å². The molecule has 19 heavy (non-hydrogen) atoms. The number of nitrogens with zero attached hydrogens (tertiary/aromatic N) is 1. The zero-order valence-corrected chi connectivity index (χ0v) is 10.8. The average molecular weight is 286 g/mol. The number of hydrogen-bond donors (Lipinski definition) is 2. The summed E-state index contributed by atoms with van der Waals surface area (Å²) < 4.78 is 4.65. The van der Waals surface area contributed by atoms with Gasteiger partial charge in [0, 0.05) is 11.2 Å². The lowest BCUT2D eigenvalue weighted by atomic mass is 10.3. The van der Waals surface area contributed by atoms with Gasteiger partial charge < -0.3 is 15.8 Å². The third-order valence-corrected chi connectivity index (χ3v) is 2.29. The Labute approximate surface area is 114 Å². The maximum Gasteiger partial charge on any atom is 0.326 e. The van der Waals surface area contributed by atoms with E-state index in [1.165, 1.54) is 25.3 Å². The molecule has 0 bridgehead atoms. The van der Waals surface area contributed by atoms with Crippen LogP contribution in [0.1, 0.15) is 17.4 Å². The summed E-state index contributed by atoms with van der Waals surface area (Å²) in [5.74, 6) is -2.12. The van der Waals surface area contributed by atoms with Crippen LogP contribution in [0.4, 0.5) is 0 Å². The van der Waals surface area contributed by atoms with E-state index in [0.717, 1.165) is 0 Å². The van der Waals surface area contributed by atoms with Crippen LogP contribution in [0.2, 0.25) is 5.02 Å². The van der Waals surface area contributed by atoms with Gasteiger partial charge >= 0.3 is 5.97 Å². The molecule has 8 heteroatoms. The third kappa shape index (κ3) is 4.92. The van der Waals surface area contributed by atoms with Crippen molar-refractivity contribution >= 4 is 29.4 Å². The van der Waals surface area contributed by atoms with Crippen molar-refractivity contribution in [3.63, 3.8) is 0 Å². The van der Waals surface area contributed by atoms with E-state index in [1.807, 2.05) is 0 Å². The number of carbonyl (C=O) groups excluding carboxylic acids is 3. The van der Waals surface area contributed by atoms with Crippen LogP contribution in [0.3, 0.4) is 0 Å². The molecule has 1 heterocycles. The van der Waals surface area contributed by atoms with Crippen LogP contribution in [-0.4, -0.2) is 35.4 Å². The molecule has 1 aromatic rings. The van der Waals surface area contributed by atoms with Crippen molar-refractivity contribution in [2.45, 2.75) is 13.0 Å². The van der Waals surface area contributed by atoms with Crippen molar-refractivity contribution in [2.75, 3.05) is 6.54 Å². The Kier molecular flexibility index (Phi) is 5.25. The zero-order chi connectivity index (χ0) is 14.4. The van der Waals surface area contributed by atoms with E-state index in [4.69, 9.17) is 17.3 Å². The van der Waals surface area contributed by atoms with Gasteiger partial charge in [-0.15, -0.1) is 0 Å². The van der Waals surface area contributed by atoms with Crippen LogP contribution < -0.4 is 11.1 Å². The van der Waals surface area contributed by atoms with Gasteiger partial charge in [0.25, 0.3) is 11.8 Å². The van der Waals surface area contributed by atoms with Crippen molar-refractivity contribution in [2.24, 2.45) is 5.73 Å². The second kappa shape index (κ2) is 6.69. The lowest BCUT2D eigenvalue weighted by Crippen LogP contribution is -2.36. The largest absolute Gasteiger partial charge is 0.451 e. The molecule has 1 atom stereocenters. The third-order valence-electron chi connectivity index (χ3n) is 2.06. The Bertz CT molecular complexity index is 506. The van der Waals surface area contributed by atoms with E-state index >= 15 is 0 Å². The number of rotatable bonds is 5. The maximum absolute atomic E-state index is 11.6. The molecule has 0 aliphatic carbocycles. The fraction of sp³-hybridized carbons (Fsp3) is 0.273. The van der Waals surface area contributed by atoms with E-state index in [0.29, 0.717) is 5.02 Å². The highest BCUT2D eigenvalue weighted by atomic mass is 35.5. The number of esters is 1. The summed E-state index contributed by atoms with van der Waals surface area (Å²) in [6.07, 6.45) is 0.318. The molecule has 1 aromatic heterocycles. The number of halogens is 1. The second-order valence-electron chi connectivity index (χ2n) is 3.58. The molecule has 0 spiro atoms. The van der Waals surface area contributed by atoms with Gasteiger partial charge in [-0.2, -0.15) is 0 Å². The average Bonchev–Trinajstić information content (AvgIpc) is 2.35. The minimum atomic E-state index is -1.05. The Balaban J connectivity index is 2.46. The number of pyridine rings is 1. The summed E-state index contributed by atoms with van der Waals surface area (Å²) in [6.45, 7) is 0.936. The van der Waals surface area contributed by atoms with Crippen molar-refractivity contribution in [1.82, 2.24) is 10.3 Å². The van der Waals surface area contributed by atoms with E-state index < -0.39 is 30.4 Å². The topological polar surface area (TPSA) is 111 Å². The Hall–Kier alpha value is -2.15. The fourth-order valence-electron chi connectivity index (χ4n) is 1.07. The summed E-state index contributed by atoms with van der Waals surface area (Å²) in [5.41, 5.74) is 4.99. The van der Waals surface area contributed by atoms with Crippen molar-refractivity contribution in [1.29, 1.82) is 0 Å². The zero-order valence-electron chi connectivity index (χ0n) is 10.1. The van der Waals surface area contributed by atoms with Crippen LogP contribution >= 0.6 is 11.6 Å². The highest BCUT2D eigenvalue weighted by Crippen LogP contribution is 2.07. The first-order valence-electron chi connectivity index (χ1n) is 5.28. The molecular formula is C11H12ClN3O4. The number of primary amides is 1. The first-order valence-corrected chi connectivity index (χ1v) is 5.66. The number of carbonyl (C=O) groups is 3. The van der Waals surface area contributed by atoms with Gasteiger partial charge in [-0.3, -0.25) is 19.4 Å². The number of aromatic nitrogens is 1. The van der Waals surface area contributed by atoms with Crippen LogP contribution in [0.5, 0.6) is 0 Å². The van der Waals surface area contributed by atoms with E-state index in [-0.39, 0.29) is 5.69 Å². The summed E-state index contributed by atoms with van der Waals surface area (Å²) in [4.78, 5) is 37.3. The molecule has 0 unspecified atom stereocenters. The molecule has 102 valence electrons. The molecular weight excluding hydrogens is 274 g/mol. The van der Waals surface area contributed by atoms with E-state index in [2.05, 4.69) is 15.0 Å². The van der Waals surface area contributed by atoms with E-state index in [1.54, 1.807) is 0 Å². The van der Waals surface area contributed by atoms with Crippen LogP contribution in [0.25, 0.3) is 0 Å². The summed E-state index contributed by atoms with van der Waals surface area (Å²) in [6, 6.07) is 2.87. The van der Waals surface area contributed by atoms with Crippen molar-refractivity contribution in [3.8, 4) is 0 Å². The molecule has 0 fully saturated rings. The van der Waals surface area contributed by atoms with Crippen LogP contribution in [0.15, 0.2) is 18.3 Å². The SMILES string of the molecule is C[C@H](OC(=O)CNC(=O)c1cc(Cl)ccn1)C(N)=O. The monoisotopic (exact) mass is 285 g/mol. The summed E-state index contributed by atoms with van der Waals surface area (Å²) >= 11 is 5.69. The maximum atomic E-state index is 11.6. The minimum absolute atomic E-state index is 0.0725. The number of amides is 2. The summed E-state index contributed by atoms with van der Waals surface area (Å²) in [7, 11) is 0. The van der Waals surface area contributed by atoms with Crippen molar-refractivity contribution < 1.29 is 19.1 Å². The predicted molar refractivity (Wildman–Crippen MR) is 66.3 cm³/mol. The normalized spacial score (nSPS) is 11.5. The predicted octanol–water partition coefficient (Wildman–Crippen LogP) is -0.118. The highest BCUT2D eigenvalue weighted by Gasteiger charge is 2.15. The van der Waals surface area contributed by atoms with Crippen LogP contribution in [0, 0.1) is 0 Å². The smallest absolute Gasteiger partial charge is 0.326 e. The molecule has 0 aromatic carbocycles. The molecule has 2 amide bonds. The first kappa shape index (κ1) is 14.9. The quantitative estimate of drug-likeness (QED) is 0.733. The molecule has 0 aliphatic rings. The Morgan fingerprint density at radius 3 is 2.79 bits per heavy atom. The molecule has 0 radical (unpaired) electrons. The fourth-order valence-corrected chi connectivity index (χ4v) is 1.23. The van der Waals surface area contributed by atoms with Gasteiger partial charge in [-0.25, -0.2) is 0 Å². The summed E-state index contributed by atoms with van der Waals surface area (Å²) in [5, 5.41) is 2.64. The number of nitrogens with two attached hydrogens (primary N) is 1. The molecule has 1 rings (SSSR count). The molecule has 3 N–H and O–H groups in total. The molecule has 0 saturated heterocycles. The van der Waals surface area contributed by atoms with Gasteiger partial charge in [-0.05, 0) is 19.1 Å². The number of nitrogens with one attached hydrogen (secondary N) is 1.